The molecule has 0 aromatic rings. The fourth-order valence-electron chi connectivity index (χ4n) is 1.98. The SMILES string of the molecule is CC(C)C(C)(C)[Si](C)(C)O[C@H](OC(CO)[C@H](C)O)[C@@H](C)CO. The summed E-state index contributed by atoms with van der Waals surface area (Å²) in [4.78, 5) is 0. The lowest BCUT2D eigenvalue weighted by molar-refractivity contribution is -0.190. The summed E-state index contributed by atoms with van der Waals surface area (Å²) in [5.41, 5.74) is 0. The van der Waals surface area contributed by atoms with Gasteiger partial charge >= 0.3 is 0 Å². The molecule has 6 heteroatoms. The average molecular weight is 337 g/mol. The van der Waals surface area contributed by atoms with E-state index in [1.165, 1.54) is 0 Å². The van der Waals surface area contributed by atoms with Gasteiger partial charge in [-0.3, -0.25) is 0 Å². The maximum atomic E-state index is 9.67. The molecule has 4 atom stereocenters. The number of aliphatic hydroxyl groups is 3. The van der Waals surface area contributed by atoms with Crippen LogP contribution in [0.15, 0.2) is 0 Å². The second kappa shape index (κ2) is 8.75. The maximum Gasteiger partial charge on any atom is 0.196 e. The quantitative estimate of drug-likeness (QED) is 0.421. The lowest BCUT2D eigenvalue weighted by Gasteiger charge is -2.45. The summed E-state index contributed by atoms with van der Waals surface area (Å²) in [7, 11) is -2.15. The third-order valence-electron chi connectivity index (χ3n) is 5.19. The molecule has 0 aromatic carbocycles. The van der Waals surface area contributed by atoms with Crippen LogP contribution in [0.5, 0.6) is 0 Å². The third kappa shape index (κ3) is 5.58. The van der Waals surface area contributed by atoms with Gasteiger partial charge in [-0.05, 0) is 31.0 Å². The van der Waals surface area contributed by atoms with E-state index in [1.54, 1.807) is 6.92 Å². The Bertz CT molecular complexity index is 318. The first-order valence-corrected chi connectivity index (χ1v) is 11.0. The van der Waals surface area contributed by atoms with Crippen LogP contribution in [-0.2, 0) is 9.16 Å². The summed E-state index contributed by atoms with van der Waals surface area (Å²) >= 11 is 0. The minimum Gasteiger partial charge on any atom is -0.396 e. The van der Waals surface area contributed by atoms with Gasteiger partial charge in [0.1, 0.15) is 6.10 Å². The third-order valence-corrected chi connectivity index (χ3v) is 9.69. The molecule has 134 valence electrons. The summed E-state index contributed by atoms with van der Waals surface area (Å²) in [5.74, 6) is 0.215. The van der Waals surface area contributed by atoms with Crippen molar-refractivity contribution in [3.8, 4) is 0 Å². The number of ether oxygens (including phenoxy) is 1. The molecule has 0 fully saturated rings. The highest BCUT2D eigenvalue weighted by Gasteiger charge is 2.46. The Hall–Kier alpha value is 0.0169. The van der Waals surface area contributed by atoms with Crippen molar-refractivity contribution < 1.29 is 24.5 Å². The van der Waals surface area contributed by atoms with Crippen LogP contribution in [0.3, 0.4) is 0 Å². The number of aliphatic hydroxyl groups excluding tert-OH is 3. The largest absolute Gasteiger partial charge is 0.396 e. The van der Waals surface area contributed by atoms with Crippen LogP contribution in [0.2, 0.25) is 18.1 Å². The predicted octanol–water partition coefficient (Wildman–Crippen LogP) is 2.36. The van der Waals surface area contributed by atoms with E-state index >= 15 is 0 Å². The summed E-state index contributed by atoms with van der Waals surface area (Å²) in [6.07, 6.45) is -2.16. The van der Waals surface area contributed by atoms with Gasteiger partial charge in [-0.1, -0.05) is 34.6 Å². The van der Waals surface area contributed by atoms with Crippen LogP contribution in [0.4, 0.5) is 0 Å². The fourth-order valence-corrected chi connectivity index (χ4v) is 4.55. The van der Waals surface area contributed by atoms with E-state index in [0.717, 1.165) is 0 Å². The molecule has 5 nitrogen and oxygen atoms in total. The highest BCUT2D eigenvalue weighted by Crippen LogP contribution is 2.45. The molecule has 0 aliphatic carbocycles. The minimum absolute atomic E-state index is 0.0172. The van der Waals surface area contributed by atoms with Gasteiger partial charge in [0, 0.05) is 5.92 Å². The van der Waals surface area contributed by atoms with Crippen LogP contribution in [-0.4, -0.2) is 55.3 Å². The molecule has 0 saturated carbocycles. The molecule has 0 radical (unpaired) electrons. The van der Waals surface area contributed by atoms with Gasteiger partial charge in [-0.25, -0.2) is 0 Å². The monoisotopic (exact) mass is 336 g/mol. The smallest absolute Gasteiger partial charge is 0.196 e. The summed E-state index contributed by atoms with van der Waals surface area (Å²) in [6, 6.07) is 0. The zero-order valence-corrected chi connectivity index (χ0v) is 16.5. The van der Waals surface area contributed by atoms with Crippen molar-refractivity contribution in [2.45, 2.75) is 78.2 Å². The zero-order valence-electron chi connectivity index (χ0n) is 15.5. The first-order valence-electron chi connectivity index (χ1n) is 8.13. The number of rotatable bonds is 10. The first-order chi connectivity index (χ1) is 9.90. The van der Waals surface area contributed by atoms with Crippen LogP contribution in [0, 0.1) is 11.8 Å². The van der Waals surface area contributed by atoms with Crippen LogP contribution < -0.4 is 0 Å². The molecule has 0 aliphatic heterocycles. The first kappa shape index (κ1) is 22.0. The van der Waals surface area contributed by atoms with E-state index in [4.69, 9.17) is 9.16 Å². The van der Waals surface area contributed by atoms with Crippen molar-refractivity contribution in [2.75, 3.05) is 13.2 Å². The van der Waals surface area contributed by atoms with E-state index in [0.29, 0.717) is 5.92 Å². The van der Waals surface area contributed by atoms with Gasteiger partial charge in [0.05, 0.1) is 19.3 Å². The average Bonchev–Trinajstić information content (AvgIpc) is 2.41. The topological polar surface area (TPSA) is 79.2 Å². The molecule has 0 spiro atoms. The lowest BCUT2D eigenvalue weighted by atomic mass is 9.99. The Labute approximate surface area is 136 Å². The molecule has 0 bridgehead atoms. The van der Waals surface area contributed by atoms with Gasteiger partial charge in [0.15, 0.2) is 14.6 Å². The van der Waals surface area contributed by atoms with Crippen molar-refractivity contribution in [3.05, 3.63) is 0 Å². The standard InChI is InChI=1S/C16H36O5Si/c1-11(2)16(5,6)22(7,8)21-15(12(3)9-17)20-14(10-18)13(4)19/h11-15,17-19H,9-10H2,1-8H3/t12-,13-,14?,15-/m0/s1. The van der Waals surface area contributed by atoms with Gasteiger partial charge in [-0.15, -0.1) is 0 Å². The van der Waals surface area contributed by atoms with E-state index < -0.39 is 26.8 Å². The van der Waals surface area contributed by atoms with E-state index in [-0.39, 0.29) is 24.2 Å². The molecular formula is C16H36O5Si. The molecule has 0 heterocycles. The van der Waals surface area contributed by atoms with E-state index in [2.05, 4.69) is 40.8 Å². The lowest BCUT2D eigenvalue weighted by Crippen LogP contribution is -2.51. The molecule has 0 aromatic heterocycles. The molecular weight excluding hydrogens is 300 g/mol. The molecule has 0 rings (SSSR count). The molecule has 0 amide bonds. The van der Waals surface area contributed by atoms with Crippen molar-refractivity contribution >= 4 is 8.32 Å². The molecule has 0 aliphatic rings. The Balaban J connectivity index is 5.22. The van der Waals surface area contributed by atoms with Gasteiger partial charge < -0.3 is 24.5 Å². The maximum absolute atomic E-state index is 9.67. The van der Waals surface area contributed by atoms with Crippen molar-refractivity contribution in [1.82, 2.24) is 0 Å². The highest BCUT2D eigenvalue weighted by atomic mass is 28.4. The van der Waals surface area contributed by atoms with Gasteiger partial charge in [0.25, 0.3) is 0 Å². The second-order valence-corrected chi connectivity index (χ2v) is 12.2. The Kier molecular flexibility index (Phi) is 8.76. The van der Waals surface area contributed by atoms with Crippen LogP contribution in [0.1, 0.15) is 41.5 Å². The molecule has 0 saturated heterocycles. The van der Waals surface area contributed by atoms with Crippen molar-refractivity contribution in [1.29, 1.82) is 0 Å². The zero-order chi connectivity index (χ0) is 17.7. The van der Waals surface area contributed by atoms with Crippen molar-refractivity contribution in [3.63, 3.8) is 0 Å². The van der Waals surface area contributed by atoms with Crippen LogP contribution in [0.25, 0.3) is 0 Å². The predicted molar refractivity (Wildman–Crippen MR) is 91.1 cm³/mol. The molecule has 22 heavy (non-hydrogen) atoms. The number of hydrogen-bond acceptors (Lipinski definition) is 5. The number of hydrogen-bond donors (Lipinski definition) is 3. The van der Waals surface area contributed by atoms with E-state index in [1.807, 2.05) is 6.92 Å². The Morgan fingerprint density at radius 1 is 1.00 bits per heavy atom. The second-order valence-electron chi connectivity index (χ2n) is 7.63. The molecule has 1 unspecified atom stereocenters. The summed E-state index contributed by atoms with van der Waals surface area (Å²) in [6.45, 7) is 16.1. The fraction of sp³-hybridized carbons (Fsp3) is 1.00. The van der Waals surface area contributed by atoms with Gasteiger partial charge in [-0.2, -0.15) is 0 Å². The summed E-state index contributed by atoms with van der Waals surface area (Å²) in [5, 5.41) is 28.5. The summed E-state index contributed by atoms with van der Waals surface area (Å²) < 4.78 is 12.1. The molecule has 3 N–H and O–H groups in total. The van der Waals surface area contributed by atoms with Crippen LogP contribution >= 0.6 is 0 Å². The Morgan fingerprint density at radius 3 is 1.82 bits per heavy atom. The Morgan fingerprint density at radius 2 is 1.50 bits per heavy atom. The normalized spacial score (nSPS) is 19.1. The highest BCUT2D eigenvalue weighted by molar-refractivity contribution is 6.74. The van der Waals surface area contributed by atoms with Crippen molar-refractivity contribution in [2.24, 2.45) is 11.8 Å². The minimum atomic E-state index is -2.15. The van der Waals surface area contributed by atoms with E-state index in [9.17, 15) is 15.3 Å². The van der Waals surface area contributed by atoms with Gasteiger partial charge in [0.2, 0.25) is 0 Å².